The molecule has 0 radical (unpaired) electrons. The lowest BCUT2D eigenvalue weighted by atomic mass is 9.91. The summed E-state index contributed by atoms with van der Waals surface area (Å²) in [7, 11) is 0. The normalized spacial score (nSPS) is 20.8. The number of carbonyl (C=O) groups excluding carboxylic acids is 1. The largest absolute Gasteiger partial charge is 0.422 e. The van der Waals surface area contributed by atoms with Gasteiger partial charge in [0.15, 0.2) is 0 Å². The van der Waals surface area contributed by atoms with Gasteiger partial charge in [-0.3, -0.25) is 4.79 Å². The zero-order valence-corrected chi connectivity index (χ0v) is 13.8. The Labute approximate surface area is 140 Å². The van der Waals surface area contributed by atoms with Crippen LogP contribution in [0.1, 0.15) is 41.6 Å². The third-order valence-corrected chi connectivity index (χ3v) is 4.41. The molecule has 5 nitrogen and oxygen atoms in total. The highest BCUT2D eigenvalue weighted by Crippen LogP contribution is 2.20. The molecule has 3 rings (SSSR count). The van der Waals surface area contributed by atoms with Crippen molar-refractivity contribution in [3.05, 3.63) is 45.8 Å². The van der Waals surface area contributed by atoms with Crippen molar-refractivity contribution >= 4 is 29.3 Å². The molecule has 1 aliphatic carbocycles. The van der Waals surface area contributed by atoms with Crippen molar-refractivity contribution in [2.75, 3.05) is 0 Å². The van der Waals surface area contributed by atoms with Crippen LogP contribution in [0.15, 0.2) is 33.5 Å². The van der Waals surface area contributed by atoms with Crippen LogP contribution in [-0.2, 0) is 0 Å². The van der Waals surface area contributed by atoms with Crippen LogP contribution in [0, 0.1) is 6.92 Å². The number of nitrogens with one attached hydrogen (secondary N) is 1. The van der Waals surface area contributed by atoms with Crippen molar-refractivity contribution in [3.8, 4) is 0 Å². The minimum absolute atomic E-state index is 0. The molecular weight excluding hydrogens is 316 g/mol. The molecule has 6 heteroatoms. The second-order valence-electron chi connectivity index (χ2n) is 5.97. The molecule has 1 heterocycles. The molecule has 1 saturated carbocycles. The summed E-state index contributed by atoms with van der Waals surface area (Å²) in [6.07, 6.45) is 3.50. The van der Waals surface area contributed by atoms with Gasteiger partial charge in [0.2, 0.25) is 0 Å². The number of hydrogen-bond acceptors (Lipinski definition) is 4. The van der Waals surface area contributed by atoms with E-state index in [9.17, 15) is 9.59 Å². The van der Waals surface area contributed by atoms with Gasteiger partial charge in [0, 0.05) is 17.5 Å². The quantitative estimate of drug-likeness (QED) is 0.825. The van der Waals surface area contributed by atoms with Gasteiger partial charge in [-0.1, -0.05) is 18.2 Å². The number of carbonyl (C=O) groups is 1. The molecule has 0 atom stereocenters. The van der Waals surface area contributed by atoms with Crippen molar-refractivity contribution in [1.82, 2.24) is 5.32 Å². The smallest absolute Gasteiger partial charge is 0.349 e. The molecule has 0 unspecified atom stereocenters. The van der Waals surface area contributed by atoms with Gasteiger partial charge in [0.1, 0.15) is 11.1 Å². The van der Waals surface area contributed by atoms with Crippen LogP contribution >= 0.6 is 12.4 Å². The maximum absolute atomic E-state index is 12.5. The highest BCUT2D eigenvalue weighted by molar-refractivity contribution is 5.99. The van der Waals surface area contributed by atoms with Gasteiger partial charge >= 0.3 is 5.63 Å². The predicted molar refractivity (Wildman–Crippen MR) is 92.2 cm³/mol. The van der Waals surface area contributed by atoms with Gasteiger partial charge in [0.25, 0.3) is 5.91 Å². The average molecular weight is 337 g/mol. The zero-order chi connectivity index (χ0) is 15.7. The summed E-state index contributed by atoms with van der Waals surface area (Å²) < 4.78 is 5.26. The fourth-order valence-electron chi connectivity index (χ4n) is 3.09. The summed E-state index contributed by atoms with van der Waals surface area (Å²) in [5, 5.41) is 3.74. The topological polar surface area (TPSA) is 85.3 Å². The molecular formula is C17H21ClN2O3. The molecule has 124 valence electrons. The van der Waals surface area contributed by atoms with Gasteiger partial charge in [-0.2, -0.15) is 0 Å². The highest BCUT2D eigenvalue weighted by atomic mass is 35.5. The molecule has 1 aromatic heterocycles. The highest BCUT2D eigenvalue weighted by Gasteiger charge is 2.24. The summed E-state index contributed by atoms with van der Waals surface area (Å²) >= 11 is 0. The summed E-state index contributed by atoms with van der Waals surface area (Å²) in [5.74, 6) is -0.350. The third kappa shape index (κ3) is 3.57. The van der Waals surface area contributed by atoms with Crippen LogP contribution in [0.25, 0.3) is 11.0 Å². The number of rotatable bonds is 2. The molecule has 0 saturated heterocycles. The second-order valence-corrected chi connectivity index (χ2v) is 5.97. The summed E-state index contributed by atoms with van der Waals surface area (Å²) in [5.41, 5.74) is 6.56. The van der Waals surface area contributed by atoms with Crippen LogP contribution in [0.3, 0.4) is 0 Å². The zero-order valence-electron chi connectivity index (χ0n) is 13.0. The number of halogens is 1. The van der Waals surface area contributed by atoms with Crippen molar-refractivity contribution in [2.45, 2.75) is 44.7 Å². The molecule has 0 aliphatic heterocycles. The number of hydrogen-bond donors (Lipinski definition) is 2. The fourth-order valence-corrected chi connectivity index (χ4v) is 3.09. The molecule has 23 heavy (non-hydrogen) atoms. The van der Waals surface area contributed by atoms with Gasteiger partial charge in [-0.25, -0.2) is 4.79 Å². The first-order valence-electron chi connectivity index (χ1n) is 7.65. The van der Waals surface area contributed by atoms with E-state index in [2.05, 4.69) is 5.32 Å². The molecule has 1 fully saturated rings. The van der Waals surface area contributed by atoms with Crippen molar-refractivity contribution in [1.29, 1.82) is 0 Å². The lowest BCUT2D eigenvalue weighted by Crippen LogP contribution is -2.42. The lowest BCUT2D eigenvalue weighted by Gasteiger charge is -2.26. The van der Waals surface area contributed by atoms with Crippen molar-refractivity contribution < 1.29 is 9.21 Å². The summed E-state index contributed by atoms with van der Waals surface area (Å²) in [6.45, 7) is 1.78. The monoisotopic (exact) mass is 336 g/mol. The number of amides is 1. The van der Waals surface area contributed by atoms with E-state index in [1.807, 2.05) is 12.1 Å². The molecule has 1 amide bonds. The van der Waals surface area contributed by atoms with Gasteiger partial charge in [-0.15, -0.1) is 12.4 Å². The Morgan fingerprint density at radius 1 is 1.22 bits per heavy atom. The number of fused-ring (bicyclic) bond motifs is 1. The number of benzene rings is 1. The van der Waals surface area contributed by atoms with Crippen LogP contribution in [0.5, 0.6) is 0 Å². The summed E-state index contributed by atoms with van der Waals surface area (Å²) in [4.78, 5) is 24.6. The van der Waals surface area contributed by atoms with Crippen molar-refractivity contribution in [2.24, 2.45) is 5.73 Å². The van der Waals surface area contributed by atoms with Gasteiger partial charge < -0.3 is 15.5 Å². The standard InChI is InChI=1S/C17H20N2O3.ClH/c1-10-13-4-2-3-5-14(13)22-17(21)15(10)16(20)19-12-8-6-11(18)7-9-12;/h2-5,11-12H,6-9,18H2,1H3,(H,19,20);1H. The Hall–Kier alpha value is -1.85. The molecule has 0 spiro atoms. The predicted octanol–water partition coefficient (Wildman–Crippen LogP) is 2.52. The minimum atomic E-state index is -0.582. The van der Waals surface area contributed by atoms with Crippen LogP contribution < -0.4 is 16.7 Å². The first-order valence-corrected chi connectivity index (χ1v) is 7.65. The second kappa shape index (κ2) is 7.15. The van der Waals surface area contributed by atoms with E-state index in [0.717, 1.165) is 31.1 Å². The van der Waals surface area contributed by atoms with E-state index in [-0.39, 0.29) is 36.0 Å². The Bertz CT molecular complexity index is 764. The Morgan fingerprint density at radius 2 is 1.87 bits per heavy atom. The molecule has 3 N–H and O–H groups in total. The van der Waals surface area contributed by atoms with E-state index in [1.54, 1.807) is 19.1 Å². The number of nitrogens with two attached hydrogens (primary N) is 1. The average Bonchev–Trinajstić information content (AvgIpc) is 2.49. The van der Waals surface area contributed by atoms with E-state index < -0.39 is 5.63 Å². The lowest BCUT2D eigenvalue weighted by molar-refractivity contribution is 0.0921. The number of para-hydroxylation sites is 1. The Kier molecular flexibility index (Phi) is 5.44. The summed E-state index contributed by atoms with van der Waals surface area (Å²) in [6, 6.07) is 7.55. The van der Waals surface area contributed by atoms with Crippen LogP contribution in [0.2, 0.25) is 0 Å². The molecule has 0 bridgehead atoms. The van der Waals surface area contributed by atoms with Gasteiger partial charge in [-0.05, 0) is 44.2 Å². The fraction of sp³-hybridized carbons (Fsp3) is 0.412. The first-order chi connectivity index (χ1) is 10.6. The van der Waals surface area contributed by atoms with Crippen molar-refractivity contribution in [3.63, 3.8) is 0 Å². The SMILES string of the molecule is Cc1c(C(=O)NC2CCC(N)CC2)c(=O)oc2ccccc12.Cl. The Balaban J connectivity index is 0.00000192. The molecule has 2 aromatic rings. The van der Waals surface area contributed by atoms with E-state index >= 15 is 0 Å². The van der Waals surface area contributed by atoms with Crippen LogP contribution in [0.4, 0.5) is 0 Å². The van der Waals surface area contributed by atoms with E-state index in [0.29, 0.717) is 11.1 Å². The van der Waals surface area contributed by atoms with E-state index in [4.69, 9.17) is 10.2 Å². The Morgan fingerprint density at radius 3 is 2.57 bits per heavy atom. The number of aryl methyl sites for hydroxylation is 1. The maximum atomic E-state index is 12.5. The third-order valence-electron chi connectivity index (χ3n) is 4.41. The van der Waals surface area contributed by atoms with E-state index in [1.165, 1.54) is 0 Å². The van der Waals surface area contributed by atoms with Crippen LogP contribution in [-0.4, -0.2) is 18.0 Å². The minimum Gasteiger partial charge on any atom is -0.422 e. The maximum Gasteiger partial charge on any atom is 0.349 e. The first kappa shape index (κ1) is 17.5. The molecule has 1 aliphatic rings. The van der Waals surface area contributed by atoms with Gasteiger partial charge in [0.05, 0.1) is 0 Å². The molecule has 1 aromatic carbocycles.